The van der Waals surface area contributed by atoms with Gasteiger partial charge >= 0.3 is 0 Å². The smallest absolute Gasteiger partial charge is 0.119 e. The molecular weight excluding hydrogens is 434 g/mol. The molecule has 3 aromatic rings. The van der Waals surface area contributed by atoms with Gasteiger partial charge in [-0.2, -0.15) is 0 Å². The number of nitrogens with zero attached hydrogens (tertiary/aromatic N) is 3. The molecule has 0 aromatic heterocycles. The zero-order valence-corrected chi connectivity index (χ0v) is 20.9. The second kappa shape index (κ2) is 11.6. The van der Waals surface area contributed by atoms with Crippen molar-refractivity contribution in [3.8, 4) is 5.75 Å². The highest BCUT2D eigenvalue weighted by molar-refractivity contribution is 5.52. The standard InChI is InChI=1S/C30H37N3O2/c1-34-30-9-5-7-27(21-30)24-33(23-25-10-12-28(13-11-25)32-14-2-3-15-32)29-8-4-6-26(20-29)22-31-16-18-35-19-17-31/h4-13,20-21H,2-3,14-19,22-24H2,1H3. The molecule has 2 saturated heterocycles. The van der Waals surface area contributed by atoms with Crippen LogP contribution in [0.4, 0.5) is 11.4 Å². The fraction of sp³-hybridized carbons (Fsp3) is 0.400. The van der Waals surface area contributed by atoms with E-state index in [2.05, 4.69) is 81.4 Å². The van der Waals surface area contributed by atoms with Gasteiger partial charge in [0.15, 0.2) is 0 Å². The molecule has 184 valence electrons. The van der Waals surface area contributed by atoms with Gasteiger partial charge in [0.2, 0.25) is 0 Å². The van der Waals surface area contributed by atoms with E-state index < -0.39 is 0 Å². The van der Waals surface area contributed by atoms with Gasteiger partial charge in [-0.05, 0) is 65.9 Å². The first-order valence-electron chi connectivity index (χ1n) is 12.9. The third-order valence-corrected chi connectivity index (χ3v) is 7.07. The predicted molar refractivity (Wildman–Crippen MR) is 143 cm³/mol. The predicted octanol–water partition coefficient (Wildman–Crippen LogP) is 5.33. The second-order valence-electron chi connectivity index (χ2n) is 9.63. The van der Waals surface area contributed by atoms with Crippen LogP contribution in [0.25, 0.3) is 0 Å². The maximum Gasteiger partial charge on any atom is 0.119 e. The van der Waals surface area contributed by atoms with Crippen molar-refractivity contribution in [2.75, 3.05) is 56.3 Å². The summed E-state index contributed by atoms with van der Waals surface area (Å²) in [5.41, 5.74) is 6.52. The van der Waals surface area contributed by atoms with Crippen molar-refractivity contribution in [3.05, 3.63) is 89.5 Å². The highest BCUT2D eigenvalue weighted by Crippen LogP contribution is 2.26. The molecule has 0 unspecified atom stereocenters. The van der Waals surface area contributed by atoms with E-state index in [1.165, 1.54) is 54.0 Å². The van der Waals surface area contributed by atoms with Crippen LogP contribution in [0.2, 0.25) is 0 Å². The number of rotatable bonds is 9. The molecule has 0 saturated carbocycles. The molecule has 0 radical (unpaired) electrons. The third kappa shape index (κ3) is 6.36. The fourth-order valence-electron chi connectivity index (χ4n) is 5.11. The molecule has 0 bridgehead atoms. The maximum absolute atomic E-state index is 5.53. The summed E-state index contributed by atoms with van der Waals surface area (Å²) in [6, 6.07) is 26.6. The fourth-order valence-corrected chi connectivity index (χ4v) is 5.11. The quantitative estimate of drug-likeness (QED) is 0.420. The lowest BCUT2D eigenvalue weighted by Gasteiger charge is -2.29. The van der Waals surface area contributed by atoms with E-state index in [0.29, 0.717) is 0 Å². The lowest BCUT2D eigenvalue weighted by Crippen LogP contribution is -2.35. The van der Waals surface area contributed by atoms with Gasteiger partial charge in [-0.15, -0.1) is 0 Å². The minimum atomic E-state index is 0.825. The van der Waals surface area contributed by atoms with Crippen LogP contribution in [0.15, 0.2) is 72.8 Å². The summed E-state index contributed by atoms with van der Waals surface area (Å²) in [5, 5.41) is 0. The van der Waals surface area contributed by atoms with Crippen molar-refractivity contribution in [1.29, 1.82) is 0 Å². The van der Waals surface area contributed by atoms with Crippen molar-refractivity contribution >= 4 is 11.4 Å². The number of anilines is 2. The Morgan fingerprint density at radius 3 is 2.26 bits per heavy atom. The van der Waals surface area contributed by atoms with E-state index in [1.54, 1.807) is 7.11 Å². The first kappa shape index (κ1) is 23.7. The van der Waals surface area contributed by atoms with Crippen LogP contribution in [-0.2, 0) is 24.4 Å². The Hall–Kier alpha value is -3.02. The Kier molecular flexibility index (Phi) is 7.86. The first-order chi connectivity index (χ1) is 17.3. The minimum absolute atomic E-state index is 0.825. The van der Waals surface area contributed by atoms with Gasteiger partial charge in [0.05, 0.1) is 20.3 Å². The molecule has 2 fully saturated rings. The summed E-state index contributed by atoms with van der Waals surface area (Å²) in [7, 11) is 1.73. The van der Waals surface area contributed by atoms with Crippen LogP contribution in [0, 0.1) is 0 Å². The summed E-state index contributed by atoms with van der Waals surface area (Å²) >= 11 is 0. The maximum atomic E-state index is 5.53. The third-order valence-electron chi connectivity index (χ3n) is 7.07. The molecule has 3 aromatic carbocycles. The van der Waals surface area contributed by atoms with E-state index in [-0.39, 0.29) is 0 Å². The van der Waals surface area contributed by atoms with E-state index in [9.17, 15) is 0 Å². The van der Waals surface area contributed by atoms with Gasteiger partial charge in [0.1, 0.15) is 5.75 Å². The van der Waals surface area contributed by atoms with Gasteiger partial charge in [0, 0.05) is 57.2 Å². The molecule has 2 aliphatic heterocycles. The first-order valence-corrected chi connectivity index (χ1v) is 12.9. The molecule has 5 rings (SSSR count). The van der Waals surface area contributed by atoms with Crippen LogP contribution in [-0.4, -0.2) is 51.4 Å². The highest BCUT2D eigenvalue weighted by Gasteiger charge is 2.15. The number of benzene rings is 3. The zero-order valence-electron chi connectivity index (χ0n) is 20.9. The van der Waals surface area contributed by atoms with Crippen molar-refractivity contribution in [1.82, 2.24) is 4.90 Å². The van der Waals surface area contributed by atoms with Crippen molar-refractivity contribution in [2.45, 2.75) is 32.5 Å². The number of morpholine rings is 1. The molecule has 0 amide bonds. The lowest BCUT2D eigenvalue weighted by atomic mass is 10.1. The Morgan fingerprint density at radius 1 is 0.771 bits per heavy atom. The minimum Gasteiger partial charge on any atom is -0.497 e. The van der Waals surface area contributed by atoms with E-state index >= 15 is 0 Å². The molecule has 0 N–H and O–H groups in total. The summed E-state index contributed by atoms with van der Waals surface area (Å²) < 4.78 is 11.0. The molecule has 35 heavy (non-hydrogen) atoms. The molecule has 0 atom stereocenters. The summed E-state index contributed by atoms with van der Waals surface area (Å²) in [6.45, 7) is 8.67. The monoisotopic (exact) mass is 471 g/mol. The lowest BCUT2D eigenvalue weighted by molar-refractivity contribution is 0.0342. The number of hydrogen-bond acceptors (Lipinski definition) is 5. The van der Waals surface area contributed by atoms with Gasteiger partial charge in [0.25, 0.3) is 0 Å². The SMILES string of the molecule is COc1cccc(CN(Cc2ccc(N3CCCC3)cc2)c2cccc(CN3CCOCC3)c2)c1. The number of ether oxygens (including phenoxy) is 2. The highest BCUT2D eigenvalue weighted by atomic mass is 16.5. The topological polar surface area (TPSA) is 28.2 Å². The van der Waals surface area contributed by atoms with Gasteiger partial charge in [-0.3, -0.25) is 4.90 Å². The largest absolute Gasteiger partial charge is 0.497 e. The molecular formula is C30H37N3O2. The van der Waals surface area contributed by atoms with Crippen molar-refractivity contribution in [2.24, 2.45) is 0 Å². The zero-order chi connectivity index (χ0) is 23.9. The second-order valence-corrected chi connectivity index (χ2v) is 9.63. The molecule has 5 heteroatoms. The molecule has 2 aliphatic rings. The van der Waals surface area contributed by atoms with Crippen LogP contribution >= 0.6 is 0 Å². The Morgan fingerprint density at radius 2 is 1.49 bits per heavy atom. The van der Waals surface area contributed by atoms with Crippen LogP contribution in [0.1, 0.15) is 29.5 Å². The van der Waals surface area contributed by atoms with Crippen LogP contribution < -0.4 is 14.5 Å². The number of hydrogen-bond donors (Lipinski definition) is 0. The molecule has 2 heterocycles. The van der Waals surface area contributed by atoms with Crippen LogP contribution in [0.5, 0.6) is 5.75 Å². The van der Waals surface area contributed by atoms with Gasteiger partial charge < -0.3 is 19.3 Å². The normalized spacial score (nSPS) is 16.4. The Bertz CT molecular complexity index is 1070. The number of methoxy groups -OCH3 is 1. The van der Waals surface area contributed by atoms with Crippen molar-refractivity contribution < 1.29 is 9.47 Å². The van der Waals surface area contributed by atoms with Crippen LogP contribution in [0.3, 0.4) is 0 Å². The Balaban J connectivity index is 1.36. The van der Waals surface area contributed by atoms with E-state index in [1.807, 2.05) is 6.07 Å². The average molecular weight is 472 g/mol. The van der Waals surface area contributed by atoms with E-state index in [4.69, 9.17) is 9.47 Å². The Labute approximate surface area is 209 Å². The summed E-state index contributed by atoms with van der Waals surface area (Å²) in [5.74, 6) is 0.901. The van der Waals surface area contributed by atoms with E-state index in [0.717, 1.165) is 51.7 Å². The summed E-state index contributed by atoms with van der Waals surface area (Å²) in [4.78, 5) is 7.45. The average Bonchev–Trinajstić information content (AvgIpc) is 3.45. The van der Waals surface area contributed by atoms with Gasteiger partial charge in [-0.25, -0.2) is 0 Å². The molecule has 5 nitrogen and oxygen atoms in total. The molecule has 0 aliphatic carbocycles. The summed E-state index contributed by atoms with van der Waals surface area (Å²) in [6.07, 6.45) is 2.60. The van der Waals surface area contributed by atoms with Gasteiger partial charge in [-0.1, -0.05) is 36.4 Å². The molecule has 0 spiro atoms. The van der Waals surface area contributed by atoms with Crippen molar-refractivity contribution in [3.63, 3.8) is 0 Å².